The molecule has 1 heterocycles. The standard InChI is InChI=1S/C12H26N4/c1-5-11-9-16(7-6-15(11)4)12(13)14-8-10(2)3/h10-11H,5-9H2,1-4H3,(H2,13,14). The number of hydrogen-bond donors (Lipinski definition) is 1. The molecule has 2 N–H and O–H groups in total. The van der Waals surface area contributed by atoms with E-state index in [1.165, 1.54) is 6.42 Å². The van der Waals surface area contributed by atoms with E-state index in [0.717, 1.165) is 32.1 Å². The van der Waals surface area contributed by atoms with E-state index in [0.29, 0.717) is 12.0 Å². The normalized spacial score (nSPS) is 24.2. The summed E-state index contributed by atoms with van der Waals surface area (Å²) < 4.78 is 0. The molecule has 0 radical (unpaired) electrons. The summed E-state index contributed by atoms with van der Waals surface area (Å²) in [5.74, 6) is 1.30. The lowest BCUT2D eigenvalue weighted by Gasteiger charge is -2.39. The number of nitrogens with two attached hydrogens (primary N) is 1. The summed E-state index contributed by atoms with van der Waals surface area (Å²) in [7, 11) is 2.19. The van der Waals surface area contributed by atoms with Crippen LogP contribution in [0.15, 0.2) is 4.99 Å². The predicted octanol–water partition coefficient (Wildman–Crippen LogP) is 0.983. The third kappa shape index (κ3) is 3.67. The van der Waals surface area contributed by atoms with Gasteiger partial charge in [0.15, 0.2) is 5.96 Å². The Kier molecular flexibility index (Phi) is 5.06. The SMILES string of the molecule is CCC1CN(C(N)=NCC(C)C)CCN1C. The maximum atomic E-state index is 6.02. The fourth-order valence-corrected chi connectivity index (χ4v) is 1.97. The molecule has 0 spiro atoms. The van der Waals surface area contributed by atoms with Crippen LogP contribution in [0, 0.1) is 5.92 Å². The quantitative estimate of drug-likeness (QED) is 0.576. The third-order valence-corrected chi connectivity index (χ3v) is 3.19. The van der Waals surface area contributed by atoms with Crippen LogP contribution in [-0.4, -0.2) is 55.0 Å². The van der Waals surface area contributed by atoms with Gasteiger partial charge in [0.05, 0.1) is 0 Å². The summed E-state index contributed by atoms with van der Waals surface area (Å²) >= 11 is 0. The van der Waals surface area contributed by atoms with Gasteiger partial charge in [-0.15, -0.1) is 0 Å². The molecule has 0 aromatic rings. The Morgan fingerprint density at radius 1 is 1.44 bits per heavy atom. The van der Waals surface area contributed by atoms with E-state index in [9.17, 15) is 0 Å². The van der Waals surface area contributed by atoms with E-state index in [1.807, 2.05) is 0 Å². The van der Waals surface area contributed by atoms with Gasteiger partial charge in [-0.25, -0.2) is 0 Å². The van der Waals surface area contributed by atoms with Crippen LogP contribution in [-0.2, 0) is 0 Å². The summed E-state index contributed by atoms with van der Waals surface area (Å²) in [4.78, 5) is 9.07. The van der Waals surface area contributed by atoms with Crippen LogP contribution in [0.1, 0.15) is 27.2 Å². The molecule has 1 fully saturated rings. The Balaban J connectivity index is 2.51. The van der Waals surface area contributed by atoms with Gasteiger partial charge in [-0.1, -0.05) is 20.8 Å². The maximum absolute atomic E-state index is 6.02. The number of piperazine rings is 1. The zero-order valence-corrected chi connectivity index (χ0v) is 11.1. The van der Waals surface area contributed by atoms with Crippen LogP contribution in [0.5, 0.6) is 0 Å². The minimum absolute atomic E-state index is 0.577. The summed E-state index contributed by atoms with van der Waals surface area (Å²) in [5, 5.41) is 0. The zero-order chi connectivity index (χ0) is 12.1. The van der Waals surface area contributed by atoms with Crippen molar-refractivity contribution in [1.82, 2.24) is 9.80 Å². The molecular formula is C12H26N4. The van der Waals surface area contributed by atoms with E-state index >= 15 is 0 Å². The molecule has 0 aromatic heterocycles. The van der Waals surface area contributed by atoms with Gasteiger partial charge in [0.25, 0.3) is 0 Å². The first-order valence-corrected chi connectivity index (χ1v) is 6.29. The zero-order valence-electron chi connectivity index (χ0n) is 11.1. The van der Waals surface area contributed by atoms with Crippen LogP contribution >= 0.6 is 0 Å². The smallest absolute Gasteiger partial charge is 0.191 e. The molecule has 4 heteroatoms. The molecule has 0 amide bonds. The van der Waals surface area contributed by atoms with Gasteiger partial charge in [-0.2, -0.15) is 0 Å². The second-order valence-electron chi connectivity index (χ2n) is 5.08. The molecule has 1 atom stereocenters. The molecule has 0 bridgehead atoms. The summed E-state index contributed by atoms with van der Waals surface area (Å²) in [5.41, 5.74) is 6.02. The first-order valence-electron chi connectivity index (χ1n) is 6.29. The summed E-state index contributed by atoms with van der Waals surface area (Å²) in [6.45, 7) is 10.5. The Hall–Kier alpha value is -0.770. The highest BCUT2D eigenvalue weighted by atomic mass is 15.3. The molecule has 4 nitrogen and oxygen atoms in total. The van der Waals surface area contributed by atoms with Gasteiger partial charge in [0, 0.05) is 32.2 Å². The van der Waals surface area contributed by atoms with E-state index in [-0.39, 0.29) is 0 Å². The van der Waals surface area contributed by atoms with Crippen molar-refractivity contribution in [1.29, 1.82) is 0 Å². The first-order chi connectivity index (χ1) is 7.54. The topological polar surface area (TPSA) is 44.9 Å². The average molecular weight is 226 g/mol. The van der Waals surface area contributed by atoms with Crippen molar-refractivity contribution in [3.05, 3.63) is 0 Å². The van der Waals surface area contributed by atoms with Crippen LogP contribution in [0.4, 0.5) is 0 Å². The van der Waals surface area contributed by atoms with Crippen molar-refractivity contribution in [3.63, 3.8) is 0 Å². The molecule has 1 aliphatic rings. The van der Waals surface area contributed by atoms with Crippen molar-refractivity contribution in [3.8, 4) is 0 Å². The van der Waals surface area contributed by atoms with Gasteiger partial charge in [-0.3, -0.25) is 9.89 Å². The molecule has 94 valence electrons. The molecule has 0 saturated carbocycles. The molecule has 16 heavy (non-hydrogen) atoms. The second-order valence-corrected chi connectivity index (χ2v) is 5.08. The molecule has 1 rings (SSSR count). The Morgan fingerprint density at radius 3 is 2.69 bits per heavy atom. The fraction of sp³-hybridized carbons (Fsp3) is 0.917. The van der Waals surface area contributed by atoms with Crippen molar-refractivity contribution < 1.29 is 0 Å². The highest BCUT2D eigenvalue weighted by Gasteiger charge is 2.23. The summed E-state index contributed by atoms with van der Waals surface area (Å²) in [6, 6.07) is 0.613. The van der Waals surface area contributed by atoms with Crippen LogP contribution in [0.25, 0.3) is 0 Å². The highest BCUT2D eigenvalue weighted by Crippen LogP contribution is 2.10. The highest BCUT2D eigenvalue weighted by molar-refractivity contribution is 5.78. The van der Waals surface area contributed by atoms with E-state index in [2.05, 4.69) is 42.6 Å². The van der Waals surface area contributed by atoms with Crippen molar-refractivity contribution in [2.75, 3.05) is 33.2 Å². The van der Waals surface area contributed by atoms with Crippen LogP contribution in [0.3, 0.4) is 0 Å². The number of guanidine groups is 1. The molecule has 1 unspecified atom stereocenters. The van der Waals surface area contributed by atoms with Crippen molar-refractivity contribution >= 4 is 5.96 Å². The van der Waals surface area contributed by atoms with Crippen LogP contribution < -0.4 is 5.73 Å². The average Bonchev–Trinajstić information content (AvgIpc) is 2.26. The lowest BCUT2D eigenvalue weighted by molar-refractivity contribution is 0.136. The lowest BCUT2D eigenvalue weighted by Crippen LogP contribution is -2.54. The number of likely N-dealkylation sites (N-methyl/N-ethyl adjacent to an activating group) is 1. The van der Waals surface area contributed by atoms with Gasteiger partial charge >= 0.3 is 0 Å². The second kappa shape index (κ2) is 6.09. The molecule has 0 aromatic carbocycles. The number of hydrogen-bond acceptors (Lipinski definition) is 2. The minimum Gasteiger partial charge on any atom is -0.370 e. The molecular weight excluding hydrogens is 200 g/mol. The van der Waals surface area contributed by atoms with E-state index < -0.39 is 0 Å². The summed E-state index contributed by atoms with van der Waals surface area (Å²) in [6.07, 6.45) is 1.17. The minimum atomic E-state index is 0.577. The molecule has 1 saturated heterocycles. The Labute approximate surface area is 99.5 Å². The predicted molar refractivity (Wildman–Crippen MR) is 69.6 cm³/mol. The Morgan fingerprint density at radius 2 is 2.12 bits per heavy atom. The number of aliphatic imine (C=N–C) groups is 1. The number of rotatable bonds is 3. The maximum Gasteiger partial charge on any atom is 0.191 e. The molecule has 1 aliphatic heterocycles. The lowest BCUT2D eigenvalue weighted by atomic mass is 10.1. The number of nitrogens with zero attached hydrogens (tertiary/aromatic N) is 3. The van der Waals surface area contributed by atoms with Gasteiger partial charge in [-0.05, 0) is 19.4 Å². The largest absolute Gasteiger partial charge is 0.370 e. The monoisotopic (exact) mass is 226 g/mol. The fourth-order valence-electron chi connectivity index (χ4n) is 1.97. The van der Waals surface area contributed by atoms with Gasteiger partial charge in [0.2, 0.25) is 0 Å². The Bertz CT molecular complexity index is 237. The van der Waals surface area contributed by atoms with Crippen molar-refractivity contribution in [2.45, 2.75) is 33.2 Å². The van der Waals surface area contributed by atoms with Crippen molar-refractivity contribution in [2.24, 2.45) is 16.6 Å². The van der Waals surface area contributed by atoms with E-state index in [4.69, 9.17) is 5.73 Å². The third-order valence-electron chi connectivity index (χ3n) is 3.19. The first kappa shape index (κ1) is 13.3. The van der Waals surface area contributed by atoms with Gasteiger partial charge in [0.1, 0.15) is 0 Å². The van der Waals surface area contributed by atoms with Gasteiger partial charge < -0.3 is 10.6 Å². The molecule has 0 aliphatic carbocycles. The van der Waals surface area contributed by atoms with Crippen LogP contribution in [0.2, 0.25) is 0 Å². The van der Waals surface area contributed by atoms with E-state index in [1.54, 1.807) is 0 Å².